The molecule has 178 valence electrons. The van der Waals surface area contributed by atoms with Gasteiger partial charge in [0.05, 0.1) is 10.6 Å². The molecule has 1 unspecified atom stereocenters. The van der Waals surface area contributed by atoms with Gasteiger partial charge in [0.15, 0.2) is 6.10 Å². The topological polar surface area (TPSA) is 63.7 Å². The van der Waals surface area contributed by atoms with E-state index in [0.29, 0.717) is 5.75 Å². The molecule has 0 aromatic heterocycles. The molecule has 4 aromatic rings. The Labute approximate surface area is 206 Å². The third kappa shape index (κ3) is 5.44. The number of hydrogen-bond donors (Lipinski definition) is 0. The molecule has 0 bridgehead atoms. The van der Waals surface area contributed by atoms with Crippen molar-refractivity contribution in [2.45, 2.75) is 31.8 Å². The minimum Gasteiger partial charge on any atom is -0.481 e. The highest BCUT2D eigenvalue weighted by molar-refractivity contribution is 7.93. The van der Waals surface area contributed by atoms with Crippen molar-refractivity contribution in [2.75, 3.05) is 4.31 Å². The number of hydrogen-bond acceptors (Lipinski definition) is 4. The molecule has 0 spiro atoms. The Morgan fingerprint density at radius 1 is 0.714 bits per heavy atom. The fourth-order valence-electron chi connectivity index (χ4n) is 3.66. The molecule has 0 saturated heterocycles. The van der Waals surface area contributed by atoms with Crippen molar-refractivity contribution in [2.24, 2.45) is 0 Å². The van der Waals surface area contributed by atoms with Crippen LogP contribution in [0.3, 0.4) is 0 Å². The van der Waals surface area contributed by atoms with E-state index in [9.17, 15) is 13.2 Å². The van der Waals surface area contributed by atoms with Gasteiger partial charge in [0, 0.05) is 0 Å². The van der Waals surface area contributed by atoms with Gasteiger partial charge < -0.3 is 4.74 Å². The zero-order valence-corrected chi connectivity index (χ0v) is 20.7. The highest BCUT2D eigenvalue weighted by Gasteiger charge is 2.34. The molecule has 0 saturated carbocycles. The van der Waals surface area contributed by atoms with Crippen molar-refractivity contribution in [1.29, 1.82) is 0 Å². The summed E-state index contributed by atoms with van der Waals surface area (Å²) in [5.41, 5.74) is 4.22. The molecule has 0 radical (unpaired) electrons. The number of ether oxygens (including phenoxy) is 1. The minimum absolute atomic E-state index is 0.0384. The van der Waals surface area contributed by atoms with E-state index in [1.807, 2.05) is 56.3 Å². The molecule has 0 aliphatic rings. The summed E-state index contributed by atoms with van der Waals surface area (Å²) in [7, 11) is -4.16. The molecule has 1 atom stereocenters. The largest absolute Gasteiger partial charge is 0.481 e. The molecule has 5 nitrogen and oxygen atoms in total. The number of nitrogens with zero attached hydrogens (tertiary/aromatic N) is 1. The van der Waals surface area contributed by atoms with Gasteiger partial charge >= 0.3 is 0 Å². The number of aryl methyl sites for hydroxylation is 2. The van der Waals surface area contributed by atoms with Crippen LogP contribution in [0.25, 0.3) is 11.1 Å². The molecule has 6 heteroatoms. The van der Waals surface area contributed by atoms with Crippen molar-refractivity contribution >= 4 is 21.6 Å². The Kier molecular flexibility index (Phi) is 7.03. The number of sulfonamides is 1. The van der Waals surface area contributed by atoms with Crippen LogP contribution in [-0.2, 0) is 14.8 Å². The van der Waals surface area contributed by atoms with E-state index >= 15 is 0 Å². The van der Waals surface area contributed by atoms with Crippen LogP contribution < -0.4 is 9.04 Å². The first-order valence-corrected chi connectivity index (χ1v) is 12.7. The maximum absolute atomic E-state index is 13.6. The second kappa shape index (κ2) is 10.2. The van der Waals surface area contributed by atoms with E-state index in [1.165, 1.54) is 12.1 Å². The van der Waals surface area contributed by atoms with Crippen molar-refractivity contribution in [3.8, 4) is 16.9 Å². The van der Waals surface area contributed by atoms with Crippen LogP contribution in [0.4, 0.5) is 5.69 Å². The second-order valence-electron chi connectivity index (χ2n) is 8.41. The molecular weight excluding hydrogens is 458 g/mol. The van der Waals surface area contributed by atoms with Crippen molar-refractivity contribution < 1.29 is 17.9 Å². The van der Waals surface area contributed by atoms with E-state index in [-0.39, 0.29) is 10.6 Å². The van der Waals surface area contributed by atoms with Gasteiger partial charge in [0.1, 0.15) is 5.75 Å². The lowest BCUT2D eigenvalue weighted by Crippen LogP contribution is -2.44. The number of carbonyl (C=O) groups excluding carboxylic acids is 1. The van der Waals surface area contributed by atoms with E-state index in [2.05, 4.69) is 0 Å². The highest BCUT2D eigenvalue weighted by Crippen LogP contribution is 2.27. The molecular formula is C29H27NO4S. The van der Waals surface area contributed by atoms with Gasteiger partial charge in [-0.2, -0.15) is 4.31 Å². The lowest BCUT2D eigenvalue weighted by molar-refractivity contribution is -0.123. The predicted molar refractivity (Wildman–Crippen MR) is 139 cm³/mol. The zero-order valence-electron chi connectivity index (χ0n) is 19.9. The summed E-state index contributed by atoms with van der Waals surface area (Å²) >= 11 is 0. The van der Waals surface area contributed by atoms with Gasteiger partial charge in [-0.15, -0.1) is 0 Å². The van der Waals surface area contributed by atoms with Gasteiger partial charge in [-0.25, -0.2) is 8.42 Å². The van der Waals surface area contributed by atoms with Gasteiger partial charge in [-0.3, -0.25) is 4.79 Å². The normalized spacial score (nSPS) is 12.1. The van der Waals surface area contributed by atoms with Gasteiger partial charge in [-0.1, -0.05) is 77.9 Å². The van der Waals surface area contributed by atoms with E-state index in [1.54, 1.807) is 55.5 Å². The summed E-state index contributed by atoms with van der Waals surface area (Å²) < 4.78 is 33.9. The SMILES string of the molecule is Cc1ccc(N(C(=O)C(C)Oc2ccc(-c3ccccc3)cc2)S(=O)(=O)c2ccc(C)cc2)cc1. The molecule has 0 aliphatic carbocycles. The fraction of sp³-hybridized carbons (Fsp3) is 0.138. The van der Waals surface area contributed by atoms with Crippen molar-refractivity contribution in [1.82, 2.24) is 0 Å². The van der Waals surface area contributed by atoms with Crippen LogP contribution in [0.15, 0.2) is 108 Å². The summed E-state index contributed by atoms with van der Waals surface area (Å²) in [5.74, 6) is -0.205. The Hall–Kier alpha value is -3.90. The number of amides is 1. The molecule has 1 amide bonds. The number of benzene rings is 4. The van der Waals surface area contributed by atoms with Crippen LogP contribution >= 0.6 is 0 Å². The summed E-state index contributed by atoms with van der Waals surface area (Å²) in [4.78, 5) is 13.6. The Balaban J connectivity index is 1.62. The van der Waals surface area contributed by atoms with Crippen molar-refractivity contribution in [3.63, 3.8) is 0 Å². The number of rotatable bonds is 7. The average molecular weight is 486 g/mol. The van der Waals surface area contributed by atoms with Crippen LogP contribution in [-0.4, -0.2) is 20.4 Å². The third-order valence-corrected chi connectivity index (χ3v) is 7.39. The minimum atomic E-state index is -4.16. The Morgan fingerprint density at radius 3 is 1.80 bits per heavy atom. The monoisotopic (exact) mass is 485 g/mol. The lowest BCUT2D eigenvalue weighted by atomic mass is 10.1. The molecule has 4 rings (SSSR count). The van der Waals surface area contributed by atoms with Crippen LogP contribution in [0.5, 0.6) is 5.75 Å². The highest BCUT2D eigenvalue weighted by atomic mass is 32.2. The lowest BCUT2D eigenvalue weighted by Gasteiger charge is -2.26. The molecule has 0 N–H and O–H groups in total. The van der Waals surface area contributed by atoms with Gasteiger partial charge in [-0.05, 0) is 68.3 Å². The quantitative estimate of drug-likeness (QED) is 0.314. The Bertz CT molecular complexity index is 1400. The summed E-state index contributed by atoms with van der Waals surface area (Å²) in [6, 6.07) is 30.5. The molecule has 0 aliphatic heterocycles. The first kappa shape index (κ1) is 24.2. The van der Waals surface area contributed by atoms with E-state index in [0.717, 1.165) is 26.6 Å². The van der Waals surface area contributed by atoms with Gasteiger partial charge in [0.2, 0.25) is 0 Å². The predicted octanol–water partition coefficient (Wildman–Crippen LogP) is 6.16. The van der Waals surface area contributed by atoms with Crippen LogP contribution in [0.1, 0.15) is 18.1 Å². The van der Waals surface area contributed by atoms with Crippen LogP contribution in [0.2, 0.25) is 0 Å². The van der Waals surface area contributed by atoms with E-state index < -0.39 is 22.0 Å². The molecule has 35 heavy (non-hydrogen) atoms. The van der Waals surface area contributed by atoms with Crippen LogP contribution in [0, 0.1) is 13.8 Å². The third-order valence-electron chi connectivity index (χ3n) is 5.65. The Morgan fingerprint density at radius 2 is 1.23 bits per heavy atom. The second-order valence-corrected chi connectivity index (χ2v) is 10.2. The molecule has 4 aromatic carbocycles. The maximum Gasteiger partial charge on any atom is 0.281 e. The number of carbonyl (C=O) groups is 1. The summed E-state index contributed by atoms with van der Waals surface area (Å²) in [6.45, 7) is 5.33. The first-order chi connectivity index (χ1) is 16.8. The average Bonchev–Trinajstić information content (AvgIpc) is 2.86. The maximum atomic E-state index is 13.6. The summed E-state index contributed by atoms with van der Waals surface area (Å²) in [6.07, 6.45) is -1.04. The fourth-order valence-corrected chi connectivity index (χ4v) is 5.13. The van der Waals surface area contributed by atoms with E-state index in [4.69, 9.17) is 4.74 Å². The standard InChI is InChI=1S/C29H27NO4S/c1-21-9-15-26(16-10-21)30(35(32,33)28-19-11-22(2)12-20-28)29(31)23(3)34-27-17-13-25(14-18-27)24-7-5-4-6-8-24/h4-20,23H,1-3H3. The molecule has 0 fully saturated rings. The smallest absolute Gasteiger partial charge is 0.281 e. The van der Waals surface area contributed by atoms with Gasteiger partial charge in [0.25, 0.3) is 15.9 Å². The summed E-state index contributed by atoms with van der Waals surface area (Å²) in [5, 5.41) is 0. The first-order valence-electron chi connectivity index (χ1n) is 11.3. The molecule has 0 heterocycles. The van der Waals surface area contributed by atoms with Crippen molar-refractivity contribution in [3.05, 3.63) is 114 Å². The zero-order chi connectivity index (χ0) is 25.0. The number of anilines is 1.